The van der Waals surface area contributed by atoms with Crippen LogP contribution < -0.4 is 17.1 Å². The van der Waals surface area contributed by atoms with Crippen LogP contribution in [0.3, 0.4) is 0 Å². The normalized spacial score (nSPS) is 12.0. The number of carbonyl (C=O) groups excluding carboxylic acids is 1. The molecule has 0 saturated heterocycles. The van der Waals surface area contributed by atoms with E-state index in [1.54, 1.807) is 31.2 Å². The molecule has 0 aliphatic heterocycles. The summed E-state index contributed by atoms with van der Waals surface area (Å²) in [5, 5.41) is 1.65. The number of nitrogens with two attached hydrogens (primary N) is 2. The number of nitrogens with one attached hydrogen (secondary N) is 1. The fourth-order valence-corrected chi connectivity index (χ4v) is 1.28. The van der Waals surface area contributed by atoms with E-state index in [1.807, 2.05) is 5.43 Å². The molecule has 1 rings (SSSR count). The monoisotopic (exact) mass is 228 g/mol. The Labute approximate surface area is 92.9 Å². The lowest BCUT2D eigenvalue weighted by atomic mass is 10.1. The third kappa shape index (κ3) is 2.82. The molecule has 1 atom stereocenters. The zero-order chi connectivity index (χ0) is 11.4. The van der Waals surface area contributed by atoms with Crippen molar-refractivity contribution in [3.63, 3.8) is 0 Å². The number of rotatable bonds is 2. The van der Waals surface area contributed by atoms with Gasteiger partial charge in [-0.1, -0.05) is 23.7 Å². The molecule has 0 heterocycles. The molecule has 0 saturated carbocycles. The van der Waals surface area contributed by atoms with Crippen molar-refractivity contribution in [3.05, 3.63) is 34.9 Å². The molecule has 0 spiro atoms. The van der Waals surface area contributed by atoms with Gasteiger partial charge in [0.25, 0.3) is 0 Å². The first-order valence-electron chi connectivity index (χ1n) is 4.36. The average Bonchev–Trinajstić information content (AvgIpc) is 2.27. The topological polar surface area (TPSA) is 84.4 Å². The maximum atomic E-state index is 11.1. The second kappa shape index (κ2) is 4.97. The molecule has 6 heteroatoms. The third-order valence-electron chi connectivity index (χ3n) is 2.13. The van der Waals surface area contributed by atoms with Crippen LogP contribution in [0, 0.1) is 0 Å². The molecule has 5 N–H and O–H groups in total. The summed E-state index contributed by atoms with van der Waals surface area (Å²) >= 11 is 5.74. The van der Waals surface area contributed by atoms with Gasteiger partial charge in [-0.3, -0.25) is 10.4 Å². The highest BCUT2D eigenvalue weighted by molar-refractivity contribution is 6.30. The molecule has 1 aromatic carbocycles. The van der Waals surface area contributed by atoms with Gasteiger partial charge < -0.3 is 0 Å². The van der Waals surface area contributed by atoms with Crippen molar-refractivity contribution in [2.24, 2.45) is 11.7 Å². The lowest BCUT2D eigenvalue weighted by Crippen LogP contribution is -2.48. The van der Waals surface area contributed by atoms with Crippen molar-refractivity contribution in [2.75, 3.05) is 0 Å². The summed E-state index contributed by atoms with van der Waals surface area (Å²) in [6.45, 7) is 1.79. The van der Waals surface area contributed by atoms with Gasteiger partial charge in [-0.05, 0) is 24.6 Å². The summed E-state index contributed by atoms with van der Waals surface area (Å²) in [6, 6.07) is 6.26. The average molecular weight is 229 g/mol. The molecular weight excluding hydrogens is 216 g/mol. The van der Waals surface area contributed by atoms with Crippen LogP contribution in [0.2, 0.25) is 5.02 Å². The second-order valence-corrected chi connectivity index (χ2v) is 3.52. The van der Waals surface area contributed by atoms with Crippen molar-refractivity contribution < 1.29 is 4.79 Å². The van der Waals surface area contributed by atoms with E-state index in [1.165, 1.54) is 0 Å². The third-order valence-corrected chi connectivity index (χ3v) is 2.38. The lowest BCUT2D eigenvalue weighted by Gasteiger charge is -2.23. The molecule has 0 bridgehead atoms. The van der Waals surface area contributed by atoms with Gasteiger partial charge in [-0.25, -0.2) is 16.5 Å². The van der Waals surface area contributed by atoms with Gasteiger partial charge in [0.1, 0.15) is 0 Å². The molecule has 0 fully saturated rings. The molecule has 0 aliphatic rings. The number of urea groups is 1. The summed E-state index contributed by atoms with van der Waals surface area (Å²) in [5.74, 6) is 10.5. The molecule has 5 nitrogen and oxygen atoms in total. The maximum absolute atomic E-state index is 11.1. The molecule has 82 valence electrons. The number of hydrogen-bond acceptors (Lipinski definition) is 3. The minimum Gasteiger partial charge on any atom is -0.275 e. The molecule has 0 aromatic heterocycles. The number of carbonyl (C=O) groups is 1. The number of nitrogens with zero attached hydrogens (tertiary/aromatic N) is 1. The number of amides is 2. The Morgan fingerprint density at radius 3 is 2.47 bits per heavy atom. The van der Waals surface area contributed by atoms with Crippen molar-refractivity contribution >= 4 is 17.6 Å². The van der Waals surface area contributed by atoms with E-state index in [4.69, 9.17) is 23.3 Å². The first-order valence-corrected chi connectivity index (χ1v) is 4.74. The van der Waals surface area contributed by atoms with E-state index in [-0.39, 0.29) is 6.04 Å². The highest BCUT2D eigenvalue weighted by Gasteiger charge is 2.16. The van der Waals surface area contributed by atoms with Gasteiger partial charge in [0.2, 0.25) is 0 Å². The zero-order valence-corrected chi connectivity index (χ0v) is 9.03. The molecular formula is C9H13ClN4O. The van der Waals surface area contributed by atoms with Crippen molar-refractivity contribution in [1.29, 1.82) is 0 Å². The second-order valence-electron chi connectivity index (χ2n) is 3.08. The van der Waals surface area contributed by atoms with Gasteiger partial charge in [-0.15, -0.1) is 0 Å². The first-order chi connectivity index (χ1) is 7.06. The minimum absolute atomic E-state index is 0.272. The van der Waals surface area contributed by atoms with E-state index in [2.05, 4.69) is 0 Å². The summed E-state index contributed by atoms with van der Waals surface area (Å²) in [6.07, 6.45) is 0. The number of benzene rings is 1. The Morgan fingerprint density at radius 1 is 1.47 bits per heavy atom. The zero-order valence-electron chi connectivity index (χ0n) is 8.27. The van der Waals surface area contributed by atoms with Gasteiger partial charge >= 0.3 is 6.03 Å². The van der Waals surface area contributed by atoms with Crippen molar-refractivity contribution in [2.45, 2.75) is 13.0 Å². The maximum Gasteiger partial charge on any atom is 0.346 e. The van der Waals surface area contributed by atoms with Crippen molar-refractivity contribution in [1.82, 2.24) is 10.4 Å². The van der Waals surface area contributed by atoms with Gasteiger partial charge in [0, 0.05) is 5.02 Å². The summed E-state index contributed by atoms with van der Waals surface area (Å²) in [7, 11) is 0. The van der Waals surface area contributed by atoms with Gasteiger partial charge in [-0.2, -0.15) is 0 Å². The first kappa shape index (κ1) is 11.8. The predicted molar refractivity (Wildman–Crippen MR) is 58.6 cm³/mol. The van der Waals surface area contributed by atoms with Crippen LogP contribution in [-0.4, -0.2) is 11.0 Å². The highest BCUT2D eigenvalue weighted by atomic mass is 35.5. The molecule has 1 aromatic rings. The van der Waals surface area contributed by atoms with E-state index >= 15 is 0 Å². The highest BCUT2D eigenvalue weighted by Crippen LogP contribution is 2.19. The minimum atomic E-state index is -0.544. The van der Waals surface area contributed by atoms with Crippen LogP contribution in [0.25, 0.3) is 0 Å². The van der Waals surface area contributed by atoms with E-state index in [9.17, 15) is 4.79 Å². The van der Waals surface area contributed by atoms with Gasteiger partial charge in [0.15, 0.2) is 0 Å². The Balaban J connectivity index is 2.80. The smallest absolute Gasteiger partial charge is 0.275 e. The molecule has 15 heavy (non-hydrogen) atoms. The summed E-state index contributed by atoms with van der Waals surface area (Å²) in [4.78, 5) is 11.1. The molecule has 2 amide bonds. The lowest BCUT2D eigenvalue weighted by molar-refractivity contribution is 0.181. The van der Waals surface area contributed by atoms with Crippen LogP contribution in [0.1, 0.15) is 18.5 Å². The molecule has 0 radical (unpaired) electrons. The fourth-order valence-electron chi connectivity index (χ4n) is 1.15. The van der Waals surface area contributed by atoms with Crippen LogP contribution in [0.4, 0.5) is 4.79 Å². The van der Waals surface area contributed by atoms with E-state index in [0.717, 1.165) is 10.6 Å². The van der Waals surface area contributed by atoms with Crippen LogP contribution in [-0.2, 0) is 0 Å². The molecule has 1 unspecified atom stereocenters. The Bertz CT molecular complexity index is 340. The van der Waals surface area contributed by atoms with E-state index in [0.29, 0.717) is 5.02 Å². The van der Waals surface area contributed by atoms with E-state index < -0.39 is 6.03 Å². The molecule has 0 aliphatic carbocycles. The SMILES string of the molecule is CC(c1ccc(Cl)cc1)N(N)C(=O)NN. The van der Waals surface area contributed by atoms with Crippen LogP contribution >= 0.6 is 11.6 Å². The summed E-state index contributed by atoms with van der Waals surface area (Å²) in [5.41, 5.74) is 2.84. The Kier molecular flexibility index (Phi) is 3.90. The van der Waals surface area contributed by atoms with Gasteiger partial charge in [0.05, 0.1) is 6.04 Å². The largest absolute Gasteiger partial charge is 0.346 e. The number of hydrazine groups is 2. The van der Waals surface area contributed by atoms with Crippen molar-refractivity contribution in [3.8, 4) is 0 Å². The Hall–Kier alpha value is -1.30. The quantitative estimate of drug-likeness (QED) is 0.404. The van der Waals surface area contributed by atoms with Crippen LogP contribution in [0.15, 0.2) is 24.3 Å². The summed E-state index contributed by atoms with van der Waals surface area (Å²) < 4.78 is 0. The standard InChI is InChI=1S/C9H13ClN4O/c1-6(14(12)9(15)13-11)7-2-4-8(10)5-3-7/h2-6H,11-12H2,1H3,(H,13,15). The van der Waals surface area contributed by atoms with Crippen LogP contribution in [0.5, 0.6) is 0 Å². The number of hydrogen-bond donors (Lipinski definition) is 3. The Morgan fingerprint density at radius 2 is 2.00 bits per heavy atom. The fraction of sp³-hybridized carbons (Fsp3) is 0.222. The predicted octanol–water partition coefficient (Wildman–Crippen LogP) is 1.16. The number of halogens is 1.